The maximum absolute atomic E-state index is 12.7. The first-order valence-corrected chi connectivity index (χ1v) is 9.35. The molecule has 2 fully saturated rings. The molecular weight excluding hydrogens is 332 g/mol. The number of methoxy groups -OCH3 is 1. The molecule has 2 saturated heterocycles. The standard InChI is InChI=1S/C19H26N4O3/c1-11(2)23-10-16-14(19(23)25)6-13(18(21-16)26-3)9-22-5-4-15-12(8-22)7-17(24)20-15/h6,11-12,15H,4-5,7-10H2,1-3H3,(H,20,24)/t12-,15+/m1/s1. The maximum atomic E-state index is 12.7. The molecule has 2 amide bonds. The summed E-state index contributed by atoms with van der Waals surface area (Å²) in [6, 6.07) is 2.42. The lowest BCUT2D eigenvalue weighted by atomic mass is 9.93. The number of carbonyl (C=O) groups excluding carboxylic acids is 2. The molecule has 0 aliphatic carbocycles. The zero-order valence-corrected chi connectivity index (χ0v) is 15.6. The molecule has 3 aliphatic heterocycles. The third-order valence-electron chi connectivity index (χ3n) is 5.77. The van der Waals surface area contributed by atoms with E-state index in [2.05, 4.69) is 15.2 Å². The number of likely N-dealkylation sites (tertiary alicyclic amines) is 1. The van der Waals surface area contributed by atoms with Crippen LogP contribution in [0, 0.1) is 5.92 Å². The zero-order chi connectivity index (χ0) is 18.4. The second-order valence-corrected chi connectivity index (χ2v) is 7.84. The van der Waals surface area contributed by atoms with Crippen molar-refractivity contribution in [1.82, 2.24) is 20.1 Å². The second-order valence-electron chi connectivity index (χ2n) is 7.84. The number of pyridine rings is 1. The van der Waals surface area contributed by atoms with E-state index in [4.69, 9.17) is 4.74 Å². The largest absolute Gasteiger partial charge is 0.481 e. The van der Waals surface area contributed by atoms with Gasteiger partial charge >= 0.3 is 0 Å². The van der Waals surface area contributed by atoms with E-state index < -0.39 is 0 Å². The summed E-state index contributed by atoms with van der Waals surface area (Å²) < 4.78 is 5.51. The molecule has 7 nitrogen and oxygen atoms in total. The predicted molar refractivity (Wildman–Crippen MR) is 95.7 cm³/mol. The van der Waals surface area contributed by atoms with Crippen molar-refractivity contribution >= 4 is 11.8 Å². The van der Waals surface area contributed by atoms with E-state index >= 15 is 0 Å². The average molecular weight is 358 g/mol. The van der Waals surface area contributed by atoms with Crippen LogP contribution in [0.4, 0.5) is 0 Å². The molecule has 0 aromatic carbocycles. The van der Waals surface area contributed by atoms with Gasteiger partial charge in [-0.2, -0.15) is 0 Å². The molecule has 1 aromatic rings. The van der Waals surface area contributed by atoms with Gasteiger partial charge in [-0.25, -0.2) is 4.98 Å². The third-order valence-corrected chi connectivity index (χ3v) is 5.77. The van der Waals surface area contributed by atoms with E-state index in [1.807, 2.05) is 24.8 Å². The number of amides is 2. The van der Waals surface area contributed by atoms with Crippen LogP contribution in [0.15, 0.2) is 6.07 Å². The molecule has 3 aliphatic rings. The molecule has 4 heterocycles. The van der Waals surface area contributed by atoms with Crippen molar-refractivity contribution in [3.8, 4) is 5.88 Å². The Morgan fingerprint density at radius 2 is 2.19 bits per heavy atom. The molecule has 26 heavy (non-hydrogen) atoms. The quantitative estimate of drug-likeness (QED) is 0.874. The Labute approximate surface area is 153 Å². The number of hydrogen-bond donors (Lipinski definition) is 1. The van der Waals surface area contributed by atoms with Crippen LogP contribution in [0.2, 0.25) is 0 Å². The highest BCUT2D eigenvalue weighted by Crippen LogP contribution is 2.31. The highest BCUT2D eigenvalue weighted by atomic mass is 16.5. The first-order chi connectivity index (χ1) is 12.5. The van der Waals surface area contributed by atoms with Crippen LogP contribution in [-0.2, 0) is 17.9 Å². The Balaban J connectivity index is 1.54. The fourth-order valence-corrected chi connectivity index (χ4v) is 4.37. The van der Waals surface area contributed by atoms with E-state index in [0.29, 0.717) is 42.9 Å². The summed E-state index contributed by atoms with van der Waals surface area (Å²) in [7, 11) is 1.63. The molecule has 4 rings (SSSR count). The van der Waals surface area contributed by atoms with Gasteiger partial charge in [0.2, 0.25) is 11.8 Å². The van der Waals surface area contributed by atoms with E-state index in [1.54, 1.807) is 7.11 Å². The van der Waals surface area contributed by atoms with E-state index in [0.717, 1.165) is 30.8 Å². The highest BCUT2D eigenvalue weighted by molar-refractivity contribution is 5.98. The minimum atomic E-state index is 0.0516. The van der Waals surface area contributed by atoms with Gasteiger partial charge in [0.25, 0.3) is 5.91 Å². The molecule has 0 spiro atoms. The molecule has 1 aromatic heterocycles. The zero-order valence-electron chi connectivity index (χ0n) is 15.6. The van der Waals surface area contributed by atoms with Gasteiger partial charge in [-0.15, -0.1) is 0 Å². The molecule has 0 saturated carbocycles. The van der Waals surface area contributed by atoms with Crippen LogP contribution in [-0.4, -0.2) is 58.9 Å². The summed E-state index contributed by atoms with van der Waals surface area (Å²) in [6.07, 6.45) is 1.58. The van der Waals surface area contributed by atoms with E-state index in [1.165, 1.54) is 0 Å². The molecule has 7 heteroatoms. The van der Waals surface area contributed by atoms with Crippen molar-refractivity contribution in [2.24, 2.45) is 5.92 Å². The maximum Gasteiger partial charge on any atom is 0.256 e. The van der Waals surface area contributed by atoms with Gasteiger partial charge in [0.05, 0.1) is 24.9 Å². The first-order valence-electron chi connectivity index (χ1n) is 9.35. The molecule has 0 radical (unpaired) electrons. The van der Waals surface area contributed by atoms with Crippen LogP contribution in [0.1, 0.15) is 48.3 Å². The van der Waals surface area contributed by atoms with Gasteiger partial charge in [-0.05, 0) is 26.3 Å². The topological polar surface area (TPSA) is 74.8 Å². The molecule has 1 N–H and O–H groups in total. The lowest BCUT2D eigenvalue weighted by Gasteiger charge is -2.34. The van der Waals surface area contributed by atoms with Crippen LogP contribution >= 0.6 is 0 Å². The molecule has 140 valence electrons. The predicted octanol–water partition coefficient (Wildman–Crippen LogP) is 1.16. The number of piperidine rings is 1. The number of ether oxygens (including phenoxy) is 1. The number of nitrogens with one attached hydrogen (secondary N) is 1. The van der Waals surface area contributed by atoms with Crippen LogP contribution in [0.5, 0.6) is 5.88 Å². The van der Waals surface area contributed by atoms with Gasteiger partial charge < -0.3 is 15.0 Å². The second kappa shape index (κ2) is 6.54. The van der Waals surface area contributed by atoms with Crippen LogP contribution in [0.25, 0.3) is 0 Å². The lowest BCUT2D eigenvalue weighted by molar-refractivity contribution is -0.119. The normalized spacial score (nSPS) is 25.5. The Kier molecular flexibility index (Phi) is 4.34. The Morgan fingerprint density at radius 1 is 1.38 bits per heavy atom. The van der Waals surface area contributed by atoms with E-state index in [-0.39, 0.29) is 17.9 Å². The van der Waals surface area contributed by atoms with Crippen LogP contribution in [0.3, 0.4) is 0 Å². The molecule has 0 unspecified atom stereocenters. The van der Waals surface area contributed by atoms with Gasteiger partial charge in [0.1, 0.15) is 0 Å². The average Bonchev–Trinajstić information content (AvgIpc) is 3.13. The number of carbonyl (C=O) groups is 2. The van der Waals surface area contributed by atoms with Gasteiger partial charge in [0.15, 0.2) is 0 Å². The van der Waals surface area contributed by atoms with Crippen molar-refractivity contribution in [1.29, 1.82) is 0 Å². The lowest BCUT2D eigenvalue weighted by Crippen LogP contribution is -2.44. The molecule has 0 bridgehead atoms. The summed E-state index contributed by atoms with van der Waals surface area (Å²) in [5.41, 5.74) is 2.44. The minimum Gasteiger partial charge on any atom is -0.481 e. The smallest absolute Gasteiger partial charge is 0.256 e. The summed E-state index contributed by atoms with van der Waals surface area (Å²) in [5.74, 6) is 1.20. The van der Waals surface area contributed by atoms with Gasteiger partial charge in [-0.3, -0.25) is 14.5 Å². The van der Waals surface area contributed by atoms with Crippen molar-refractivity contribution in [3.05, 3.63) is 22.9 Å². The van der Waals surface area contributed by atoms with Crippen molar-refractivity contribution in [3.63, 3.8) is 0 Å². The fourth-order valence-electron chi connectivity index (χ4n) is 4.37. The van der Waals surface area contributed by atoms with Crippen molar-refractivity contribution < 1.29 is 14.3 Å². The van der Waals surface area contributed by atoms with Gasteiger partial charge in [-0.1, -0.05) is 0 Å². The first kappa shape index (κ1) is 17.3. The van der Waals surface area contributed by atoms with Crippen LogP contribution < -0.4 is 10.1 Å². The number of hydrogen-bond acceptors (Lipinski definition) is 5. The van der Waals surface area contributed by atoms with E-state index in [9.17, 15) is 9.59 Å². The third kappa shape index (κ3) is 2.94. The Bertz CT molecular complexity index is 749. The molecule has 2 atom stereocenters. The van der Waals surface area contributed by atoms with Crippen molar-refractivity contribution in [2.75, 3.05) is 20.2 Å². The SMILES string of the molecule is COc1nc2c(cc1CN1CC[C@@H]3NC(=O)C[C@@H]3C1)C(=O)N(C(C)C)C2. The molecular formula is C19H26N4O3. The van der Waals surface area contributed by atoms with Crippen molar-refractivity contribution in [2.45, 2.75) is 51.9 Å². The number of nitrogens with zero attached hydrogens (tertiary/aromatic N) is 3. The Hall–Kier alpha value is -2.15. The number of aromatic nitrogens is 1. The number of fused-ring (bicyclic) bond motifs is 2. The Morgan fingerprint density at radius 3 is 2.92 bits per heavy atom. The summed E-state index contributed by atoms with van der Waals surface area (Å²) >= 11 is 0. The highest BCUT2D eigenvalue weighted by Gasteiger charge is 2.37. The summed E-state index contributed by atoms with van der Waals surface area (Å²) in [4.78, 5) is 33.1. The minimum absolute atomic E-state index is 0.0516. The summed E-state index contributed by atoms with van der Waals surface area (Å²) in [5, 5.41) is 3.07. The monoisotopic (exact) mass is 358 g/mol. The summed E-state index contributed by atoms with van der Waals surface area (Å²) in [6.45, 7) is 7.08. The van der Waals surface area contributed by atoms with Gasteiger partial charge in [0, 0.05) is 49.6 Å². The fraction of sp³-hybridized carbons (Fsp3) is 0.632. The number of rotatable bonds is 4.